The molecule has 1 heterocycles. The van der Waals surface area contributed by atoms with Gasteiger partial charge in [0.25, 0.3) is 0 Å². The number of thiophene rings is 1. The molecular weight excluding hydrogens is 281 g/mol. The second-order valence-corrected chi connectivity index (χ2v) is 5.07. The Bertz CT molecular complexity index is 599. The van der Waals surface area contributed by atoms with Gasteiger partial charge in [0.1, 0.15) is 0 Å². The maximum atomic E-state index is 13.7. The number of benzene rings is 1. The zero-order valence-corrected chi connectivity index (χ0v) is 11.7. The Hall–Kier alpha value is -2.08. The minimum Gasteiger partial charge on any atom is -0.490 e. The lowest BCUT2D eigenvalue weighted by Crippen LogP contribution is -2.08. The summed E-state index contributed by atoms with van der Waals surface area (Å²) in [5, 5.41) is 1.97. The first-order valence-corrected chi connectivity index (χ1v) is 6.82. The minimum absolute atomic E-state index is 0.00356. The fraction of sp³-hybridized carbons (Fsp3) is 0.214. The van der Waals surface area contributed by atoms with E-state index >= 15 is 0 Å². The van der Waals surface area contributed by atoms with Gasteiger partial charge in [0, 0.05) is 23.1 Å². The van der Waals surface area contributed by atoms with Crippen LogP contribution in [0.4, 0.5) is 10.1 Å². The van der Waals surface area contributed by atoms with E-state index in [0.29, 0.717) is 13.0 Å². The zero-order chi connectivity index (χ0) is 14.5. The molecule has 0 aliphatic rings. The number of hydrogen-bond donors (Lipinski definition) is 1. The molecule has 1 aromatic heterocycles. The number of rotatable bonds is 5. The van der Waals surface area contributed by atoms with Gasteiger partial charge < -0.3 is 15.2 Å². The monoisotopic (exact) mass is 295 g/mol. The van der Waals surface area contributed by atoms with Crippen molar-refractivity contribution in [3.8, 4) is 5.75 Å². The Morgan fingerprint density at radius 1 is 1.45 bits per heavy atom. The highest BCUT2D eigenvalue weighted by atomic mass is 32.1. The van der Waals surface area contributed by atoms with E-state index in [1.54, 1.807) is 11.3 Å². The molecule has 106 valence electrons. The Morgan fingerprint density at radius 2 is 2.25 bits per heavy atom. The van der Waals surface area contributed by atoms with Crippen LogP contribution in [-0.2, 0) is 11.2 Å². The van der Waals surface area contributed by atoms with Crippen LogP contribution in [0.1, 0.15) is 15.2 Å². The molecule has 2 aromatic rings. The van der Waals surface area contributed by atoms with Crippen molar-refractivity contribution in [1.82, 2.24) is 0 Å². The number of halogens is 1. The highest BCUT2D eigenvalue weighted by molar-refractivity contribution is 7.09. The summed E-state index contributed by atoms with van der Waals surface area (Å²) in [4.78, 5) is 12.6. The Labute approximate surface area is 119 Å². The van der Waals surface area contributed by atoms with Gasteiger partial charge in [0.05, 0.1) is 19.3 Å². The third-order valence-electron chi connectivity index (χ3n) is 2.70. The number of esters is 1. The first-order chi connectivity index (χ1) is 9.61. The van der Waals surface area contributed by atoms with Gasteiger partial charge in [-0.1, -0.05) is 6.07 Å². The normalized spacial score (nSPS) is 10.3. The molecule has 0 atom stereocenters. The van der Waals surface area contributed by atoms with Gasteiger partial charge in [0.15, 0.2) is 11.6 Å². The van der Waals surface area contributed by atoms with Crippen molar-refractivity contribution < 1.29 is 18.7 Å². The maximum absolute atomic E-state index is 13.7. The lowest BCUT2D eigenvalue weighted by molar-refractivity contribution is 0.0601. The van der Waals surface area contributed by atoms with Crippen molar-refractivity contribution in [1.29, 1.82) is 0 Å². The summed E-state index contributed by atoms with van der Waals surface area (Å²) >= 11 is 1.61. The highest BCUT2D eigenvalue weighted by Crippen LogP contribution is 2.25. The SMILES string of the molecule is COC(=O)c1cc(OCCc2cccs2)c(F)cc1N. The van der Waals surface area contributed by atoms with E-state index in [0.717, 1.165) is 10.9 Å². The van der Waals surface area contributed by atoms with Crippen molar-refractivity contribution in [2.75, 3.05) is 19.5 Å². The van der Waals surface area contributed by atoms with E-state index in [2.05, 4.69) is 4.74 Å². The smallest absolute Gasteiger partial charge is 0.340 e. The van der Waals surface area contributed by atoms with E-state index in [1.165, 1.54) is 13.2 Å². The molecule has 0 saturated heterocycles. The predicted molar refractivity (Wildman–Crippen MR) is 75.7 cm³/mol. The number of nitrogens with two attached hydrogens (primary N) is 1. The predicted octanol–water partition coefficient (Wildman–Crippen LogP) is 2.88. The van der Waals surface area contributed by atoms with Crippen LogP contribution in [0.25, 0.3) is 0 Å². The number of carbonyl (C=O) groups excluding carboxylic acids is 1. The van der Waals surface area contributed by atoms with E-state index in [-0.39, 0.29) is 17.0 Å². The summed E-state index contributed by atoms with van der Waals surface area (Å²) in [7, 11) is 1.24. The fourth-order valence-electron chi connectivity index (χ4n) is 1.68. The molecule has 20 heavy (non-hydrogen) atoms. The first kappa shape index (κ1) is 14.3. The molecule has 6 heteroatoms. The van der Waals surface area contributed by atoms with Gasteiger partial charge in [-0.25, -0.2) is 9.18 Å². The number of methoxy groups -OCH3 is 1. The molecule has 0 radical (unpaired) electrons. The largest absolute Gasteiger partial charge is 0.490 e. The molecule has 4 nitrogen and oxygen atoms in total. The number of carbonyl (C=O) groups is 1. The van der Waals surface area contributed by atoms with Crippen molar-refractivity contribution in [2.45, 2.75) is 6.42 Å². The molecule has 2 N–H and O–H groups in total. The van der Waals surface area contributed by atoms with Crippen LogP contribution in [0.5, 0.6) is 5.75 Å². The Kier molecular flexibility index (Phi) is 4.57. The zero-order valence-electron chi connectivity index (χ0n) is 10.9. The average Bonchev–Trinajstić information content (AvgIpc) is 2.93. The molecule has 0 amide bonds. The number of nitrogen functional groups attached to an aromatic ring is 1. The van der Waals surface area contributed by atoms with Crippen LogP contribution in [0.15, 0.2) is 29.6 Å². The Morgan fingerprint density at radius 3 is 2.90 bits per heavy atom. The number of anilines is 1. The van der Waals surface area contributed by atoms with Gasteiger partial charge in [-0.15, -0.1) is 11.3 Å². The van der Waals surface area contributed by atoms with E-state index in [4.69, 9.17) is 10.5 Å². The maximum Gasteiger partial charge on any atom is 0.340 e. The Balaban J connectivity index is 2.08. The molecule has 0 unspecified atom stereocenters. The second kappa shape index (κ2) is 6.38. The first-order valence-electron chi connectivity index (χ1n) is 5.94. The minimum atomic E-state index is -0.620. The van der Waals surface area contributed by atoms with Crippen molar-refractivity contribution >= 4 is 23.0 Å². The third-order valence-corrected chi connectivity index (χ3v) is 3.63. The van der Waals surface area contributed by atoms with Gasteiger partial charge in [-0.3, -0.25) is 0 Å². The van der Waals surface area contributed by atoms with Crippen LogP contribution in [0, 0.1) is 5.82 Å². The highest BCUT2D eigenvalue weighted by Gasteiger charge is 2.15. The second-order valence-electron chi connectivity index (χ2n) is 4.04. The van der Waals surface area contributed by atoms with Crippen LogP contribution < -0.4 is 10.5 Å². The van der Waals surface area contributed by atoms with E-state index < -0.39 is 11.8 Å². The van der Waals surface area contributed by atoms with E-state index in [1.807, 2.05) is 17.5 Å². The van der Waals surface area contributed by atoms with Gasteiger partial charge in [0.2, 0.25) is 0 Å². The van der Waals surface area contributed by atoms with Crippen molar-refractivity contribution in [2.24, 2.45) is 0 Å². The molecule has 0 aliphatic heterocycles. The average molecular weight is 295 g/mol. The molecule has 0 spiro atoms. The van der Waals surface area contributed by atoms with Crippen molar-refractivity contribution in [3.63, 3.8) is 0 Å². The lowest BCUT2D eigenvalue weighted by Gasteiger charge is -2.10. The molecule has 0 aliphatic carbocycles. The summed E-state index contributed by atoms with van der Waals surface area (Å²) < 4.78 is 23.7. The molecule has 0 bridgehead atoms. The summed E-state index contributed by atoms with van der Waals surface area (Å²) in [5.41, 5.74) is 5.70. The summed E-state index contributed by atoms with van der Waals surface area (Å²) in [6, 6.07) is 6.25. The molecule has 1 aromatic carbocycles. The number of ether oxygens (including phenoxy) is 2. The summed E-state index contributed by atoms with van der Waals surface area (Å²) in [6.07, 6.45) is 0.676. The molecule has 0 saturated carbocycles. The quantitative estimate of drug-likeness (QED) is 0.680. The van der Waals surface area contributed by atoms with Gasteiger partial charge in [-0.05, 0) is 17.5 Å². The third kappa shape index (κ3) is 3.27. The van der Waals surface area contributed by atoms with Crippen LogP contribution in [0.3, 0.4) is 0 Å². The lowest BCUT2D eigenvalue weighted by atomic mass is 10.1. The summed E-state index contributed by atoms with van der Waals surface area (Å²) in [6.45, 7) is 0.321. The van der Waals surface area contributed by atoms with Crippen LogP contribution in [0.2, 0.25) is 0 Å². The molecular formula is C14H14FNO3S. The molecule has 0 fully saturated rings. The standard InChI is InChI=1S/C14H14FNO3S/c1-18-14(17)10-7-13(11(15)8-12(10)16)19-5-4-9-3-2-6-20-9/h2-3,6-8H,4-5,16H2,1H3. The molecule has 2 rings (SSSR count). The van der Waals surface area contributed by atoms with E-state index in [9.17, 15) is 9.18 Å². The fourth-order valence-corrected chi connectivity index (χ4v) is 2.37. The van der Waals surface area contributed by atoms with Gasteiger partial charge >= 0.3 is 5.97 Å². The van der Waals surface area contributed by atoms with Crippen LogP contribution in [-0.4, -0.2) is 19.7 Å². The van der Waals surface area contributed by atoms with Gasteiger partial charge in [-0.2, -0.15) is 0 Å². The number of hydrogen-bond acceptors (Lipinski definition) is 5. The summed E-state index contributed by atoms with van der Waals surface area (Å²) in [5.74, 6) is -1.22. The topological polar surface area (TPSA) is 61.5 Å². The van der Waals surface area contributed by atoms with Crippen LogP contribution >= 0.6 is 11.3 Å². The van der Waals surface area contributed by atoms with Crippen molar-refractivity contribution in [3.05, 3.63) is 45.9 Å².